The first kappa shape index (κ1) is 24.4. The van der Waals surface area contributed by atoms with E-state index in [1.165, 1.54) is 0 Å². The SMILES string of the molecule is CC(C)(C)OC(=O)NC(C(=O)NC(c1ccc(Cl)cc1)C1CC1)C1CCC(C(=O)O)CC1. The zero-order chi connectivity index (χ0) is 23.5. The summed E-state index contributed by atoms with van der Waals surface area (Å²) in [5.74, 6) is -1.26. The predicted octanol–water partition coefficient (Wildman–Crippen LogP) is 4.69. The van der Waals surface area contributed by atoms with Crippen molar-refractivity contribution < 1.29 is 24.2 Å². The minimum absolute atomic E-state index is 0.150. The number of amides is 2. The number of hydrogen-bond donors (Lipinski definition) is 3. The molecular weight excluding hydrogens is 432 g/mol. The highest BCUT2D eigenvalue weighted by molar-refractivity contribution is 6.30. The number of carbonyl (C=O) groups excluding carboxylic acids is 2. The van der Waals surface area contributed by atoms with Crippen molar-refractivity contribution in [3.05, 3.63) is 34.9 Å². The molecule has 0 aromatic heterocycles. The van der Waals surface area contributed by atoms with Gasteiger partial charge in [-0.05, 0) is 88.8 Å². The lowest BCUT2D eigenvalue weighted by atomic mass is 9.78. The summed E-state index contributed by atoms with van der Waals surface area (Å²) >= 11 is 6.02. The van der Waals surface area contributed by atoms with Gasteiger partial charge in [0.25, 0.3) is 0 Å². The van der Waals surface area contributed by atoms with Gasteiger partial charge < -0.3 is 20.5 Å². The maximum Gasteiger partial charge on any atom is 0.408 e. The number of alkyl carbamates (subject to hydrolysis) is 1. The van der Waals surface area contributed by atoms with E-state index in [1.807, 2.05) is 24.3 Å². The molecule has 0 aliphatic heterocycles. The number of carbonyl (C=O) groups is 3. The van der Waals surface area contributed by atoms with Crippen molar-refractivity contribution in [2.24, 2.45) is 17.8 Å². The van der Waals surface area contributed by atoms with Gasteiger partial charge in [-0.25, -0.2) is 4.79 Å². The van der Waals surface area contributed by atoms with Gasteiger partial charge in [-0.1, -0.05) is 23.7 Å². The molecule has 0 bridgehead atoms. The topological polar surface area (TPSA) is 105 Å². The largest absolute Gasteiger partial charge is 0.481 e. The first-order valence-electron chi connectivity index (χ1n) is 11.3. The second kappa shape index (κ2) is 10.1. The van der Waals surface area contributed by atoms with Crippen LogP contribution in [0.1, 0.15) is 70.9 Å². The number of benzene rings is 1. The van der Waals surface area contributed by atoms with E-state index < -0.39 is 29.6 Å². The van der Waals surface area contributed by atoms with Crippen LogP contribution >= 0.6 is 11.6 Å². The van der Waals surface area contributed by atoms with Crippen LogP contribution in [0.4, 0.5) is 4.79 Å². The molecule has 1 aromatic rings. The number of aliphatic carboxylic acids is 1. The van der Waals surface area contributed by atoms with E-state index in [2.05, 4.69) is 10.6 Å². The van der Waals surface area contributed by atoms with E-state index in [1.54, 1.807) is 20.8 Å². The Bertz CT molecular complexity index is 824. The highest BCUT2D eigenvalue weighted by Crippen LogP contribution is 2.41. The van der Waals surface area contributed by atoms with Crippen LogP contribution in [-0.2, 0) is 14.3 Å². The molecule has 2 aliphatic carbocycles. The molecule has 2 unspecified atom stereocenters. The fourth-order valence-corrected chi connectivity index (χ4v) is 4.47. The molecule has 0 saturated heterocycles. The molecule has 0 heterocycles. The molecule has 3 rings (SSSR count). The molecule has 176 valence electrons. The second-order valence-corrected chi connectivity index (χ2v) is 10.4. The van der Waals surface area contributed by atoms with E-state index in [4.69, 9.17) is 16.3 Å². The predicted molar refractivity (Wildman–Crippen MR) is 121 cm³/mol. The number of nitrogens with one attached hydrogen (secondary N) is 2. The van der Waals surface area contributed by atoms with Crippen LogP contribution in [0.15, 0.2) is 24.3 Å². The maximum absolute atomic E-state index is 13.4. The van der Waals surface area contributed by atoms with Crippen molar-refractivity contribution >= 4 is 29.6 Å². The third-order valence-electron chi connectivity index (χ3n) is 6.17. The molecule has 2 aliphatic rings. The summed E-state index contributed by atoms with van der Waals surface area (Å²) in [6.45, 7) is 5.30. The Kier molecular flexibility index (Phi) is 7.70. The van der Waals surface area contributed by atoms with Crippen molar-refractivity contribution in [3.8, 4) is 0 Å². The van der Waals surface area contributed by atoms with Crippen LogP contribution < -0.4 is 10.6 Å². The molecule has 2 saturated carbocycles. The molecule has 1 aromatic carbocycles. The normalized spacial score (nSPS) is 23.0. The minimum Gasteiger partial charge on any atom is -0.481 e. The summed E-state index contributed by atoms with van der Waals surface area (Å²) in [7, 11) is 0. The van der Waals surface area contributed by atoms with Crippen LogP contribution in [0.5, 0.6) is 0 Å². The molecule has 32 heavy (non-hydrogen) atoms. The highest BCUT2D eigenvalue weighted by Gasteiger charge is 2.39. The zero-order valence-corrected chi connectivity index (χ0v) is 19.7. The first-order chi connectivity index (χ1) is 15.0. The monoisotopic (exact) mass is 464 g/mol. The van der Waals surface area contributed by atoms with Crippen LogP contribution in [-0.4, -0.2) is 34.7 Å². The first-order valence-corrected chi connectivity index (χ1v) is 11.7. The summed E-state index contributed by atoms with van der Waals surface area (Å²) in [6, 6.07) is 6.51. The van der Waals surface area contributed by atoms with Gasteiger partial charge in [0.1, 0.15) is 11.6 Å². The van der Waals surface area contributed by atoms with Crippen LogP contribution in [0, 0.1) is 17.8 Å². The zero-order valence-electron chi connectivity index (χ0n) is 18.9. The summed E-state index contributed by atoms with van der Waals surface area (Å²) in [6.07, 6.45) is 3.50. The number of hydrogen-bond acceptors (Lipinski definition) is 4. The molecule has 2 atom stereocenters. The molecule has 8 heteroatoms. The van der Waals surface area contributed by atoms with E-state index >= 15 is 0 Å². The van der Waals surface area contributed by atoms with Crippen molar-refractivity contribution in [2.75, 3.05) is 0 Å². The van der Waals surface area contributed by atoms with E-state index in [-0.39, 0.29) is 17.9 Å². The minimum atomic E-state index is -0.805. The molecule has 2 fully saturated rings. The van der Waals surface area contributed by atoms with Crippen LogP contribution in [0.2, 0.25) is 5.02 Å². The number of carboxylic acid groups (broad SMARTS) is 1. The van der Waals surface area contributed by atoms with Crippen molar-refractivity contribution in [2.45, 2.75) is 77.0 Å². The third kappa shape index (κ3) is 6.86. The van der Waals surface area contributed by atoms with Gasteiger partial charge in [0.05, 0.1) is 12.0 Å². The van der Waals surface area contributed by atoms with Crippen LogP contribution in [0.25, 0.3) is 0 Å². The highest BCUT2D eigenvalue weighted by atomic mass is 35.5. The summed E-state index contributed by atoms with van der Waals surface area (Å²) in [5, 5.41) is 15.8. The lowest BCUT2D eigenvalue weighted by Gasteiger charge is -2.34. The standard InChI is InChI=1S/C24H33ClN2O5/c1-24(2,3)32-23(31)27-20(16-6-8-17(9-7-16)22(29)30)21(28)26-19(14-4-5-14)15-10-12-18(25)13-11-15/h10-14,16-17,19-20H,4-9H2,1-3H3,(H,26,28)(H,27,31)(H,29,30). The Morgan fingerprint density at radius 1 is 0.969 bits per heavy atom. The van der Waals surface area contributed by atoms with Gasteiger partial charge in [0.2, 0.25) is 5.91 Å². The van der Waals surface area contributed by atoms with Crippen LogP contribution in [0.3, 0.4) is 0 Å². The van der Waals surface area contributed by atoms with Gasteiger partial charge in [-0.15, -0.1) is 0 Å². The van der Waals surface area contributed by atoms with E-state index in [0.29, 0.717) is 36.6 Å². The Morgan fingerprint density at radius 3 is 2.03 bits per heavy atom. The average molecular weight is 465 g/mol. The fourth-order valence-electron chi connectivity index (χ4n) is 4.35. The number of ether oxygens (including phenoxy) is 1. The molecule has 3 N–H and O–H groups in total. The Labute approximate surface area is 194 Å². The van der Waals surface area contributed by atoms with E-state index in [9.17, 15) is 19.5 Å². The smallest absolute Gasteiger partial charge is 0.408 e. The van der Waals surface area contributed by atoms with Gasteiger partial charge in [-0.3, -0.25) is 9.59 Å². The lowest BCUT2D eigenvalue weighted by molar-refractivity contribution is -0.143. The van der Waals surface area contributed by atoms with Crippen molar-refractivity contribution in [3.63, 3.8) is 0 Å². The Hall–Kier alpha value is -2.28. The molecule has 7 nitrogen and oxygen atoms in total. The number of halogens is 1. The average Bonchev–Trinajstić information content (AvgIpc) is 3.55. The molecule has 0 spiro atoms. The van der Waals surface area contributed by atoms with Gasteiger partial charge in [0.15, 0.2) is 0 Å². The third-order valence-corrected chi connectivity index (χ3v) is 6.42. The maximum atomic E-state index is 13.4. The van der Waals surface area contributed by atoms with Crippen molar-refractivity contribution in [1.29, 1.82) is 0 Å². The van der Waals surface area contributed by atoms with Crippen molar-refractivity contribution in [1.82, 2.24) is 10.6 Å². The number of carboxylic acids is 1. The second-order valence-electron chi connectivity index (χ2n) is 9.95. The molecular formula is C24H33ClN2O5. The summed E-state index contributed by atoms with van der Waals surface area (Å²) < 4.78 is 5.39. The molecule has 2 amide bonds. The number of rotatable bonds is 7. The lowest BCUT2D eigenvalue weighted by Crippen LogP contribution is -2.53. The Balaban J connectivity index is 1.75. The van der Waals surface area contributed by atoms with Gasteiger partial charge >= 0.3 is 12.1 Å². The Morgan fingerprint density at radius 2 is 1.53 bits per heavy atom. The summed E-state index contributed by atoms with van der Waals surface area (Å²) in [4.78, 5) is 37.3. The quantitative estimate of drug-likeness (QED) is 0.542. The fraction of sp³-hybridized carbons (Fsp3) is 0.625. The molecule has 0 radical (unpaired) electrons. The van der Waals surface area contributed by atoms with Gasteiger partial charge in [-0.2, -0.15) is 0 Å². The van der Waals surface area contributed by atoms with Gasteiger partial charge in [0, 0.05) is 5.02 Å². The summed E-state index contributed by atoms with van der Waals surface area (Å²) in [5.41, 5.74) is 0.294. The van der Waals surface area contributed by atoms with E-state index in [0.717, 1.165) is 18.4 Å².